The van der Waals surface area contributed by atoms with Crippen LogP contribution in [0.4, 0.5) is 0 Å². The van der Waals surface area contributed by atoms with Gasteiger partial charge in [0, 0.05) is 0 Å². The fourth-order valence-electron chi connectivity index (χ4n) is 1.06. The molecule has 0 aliphatic rings. The minimum absolute atomic E-state index is 0.173. The van der Waals surface area contributed by atoms with Gasteiger partial charge >= 0.3 is 5.97 Å². The number of allylic oxidation sites excluding steroid dienone is 1. The molecule has 0 rings (SSSR count). The van der Waals surface area contributed by atoms with E-state index >= 15 is 0 Å². The van der Waals surface area contributed by atoms with Crippen LogP contribution < -0.4 is 0 Å². The molecular formula is C10H18O2. The van der Waals surface area contributed by atoms with Gasteiger partial charge < -0.3 is 5.11 Å². The molecule has 1 N–H and O–H groups in total. The molecule has 0 amide bonds. The minimum atomic E-state index is -0.738. The van der Waals surface area contributed by atoms with E-state index in [0.717, 1.165) is 12.8 Å². The predicted molar refractivity (Wildman–Crippen MR) is 50.2 cm³/mol. The molecule has 0 aliphatic heterocycles. The third-order valence-corrected chi connectivity index (χ3v) is 1.87. The van der Waals surface area contributed by atoms with E-state index < -0.39 is 5.97 Å². The van der Waals surface area contributed by atoms with Gasteiger partial charge in [-0.25, -0.2) is 0 Å². The van der Waals surface area contributed by atoms with Gasteiger partial charge in [0.1, 0.15) is 0 Å². The molecule has 12 heavy (non-hydrogen) atoms. The van der Waals surface area contributed by atoms with Crippen LogP contribution in [0.1, 0.15) is 46.0 Å². The molecular weight excluding hydrogens is 152 g/mol. The van der Waals surface area contributed by atoms with Gasteiger partial charge in [0.2, 0.25) is 0 Å². The lowest BCUT2D eigenvalue weighted by Crippen LogP contribution is -1.92. The van der Waals surface area contributed by atoms with Crippen LogP contribution in [0.2, 0.25) is 0 Å². The van der Waals surface area contributed by atoms with Gasteiger partial charge in [-0.15, -0.1) is 0 Å². The third-order valence-electron chi connectivity index (χ3n) is 1.87. The smallest absolute Gasteiger partial charge is 0.307 e. The van der Waals surface area contributed by atoms with Gasteiger partial charge in [-0.05, 0) is 19.3 Å². The minimum Gasteiger partial charge on any atom is -0.481 e. The Morgan fingerprint density at radius 3 is 2.50 bits per heavy atom. The summed E-state index contributed by atoms with van der Waals surface area (Å²) in [5.41, 5.74) is 1.28. The lowest BCUT2D eigenvalue weighted by molar-refractivity contribution is -0.136. The van der Waals surface area contributed by atoms with E-state index in [1.165, 1.54) is 18.4 Å². The van der Waals surface area contributed by atoms with Crippen LogP contribution in [0, 0.1) is 0 Å². The van der Waals surface area contributed by atoms with Crippen molar-refractivity contribution in [2.45, 2.75) is 46.0 Å². The van der Waals surface area contributed by atoms with Crippen molar-refractivity contribution in [3.05, 3.63) is 11.6 Å². The van der Waals surface area contributed by atoms with E-state index in [1.54, 1.807) is 0 Å². The molecule has 0 aromatic rings. The van der Waals surface area contributed by atoms with Crippen molar-refractivity contribution in [3.8, 4) is 0 Å². The number of unbranched alkanes of at least 4 members (excludes halogenated alkanes) is 1. The second-order valence-electron chi connectivity index (χ2n) is 2.92. The maximum Gasteiger partial charge on any atom is 0.307 e. The van der Waals surface area contributed by atoms with Gasteiger partial charge in [-0.3, -0.25) is 4.79 Å². The summed E-state index contributed by atoms with van der Waals surface area (Å²) in [4.78, 5) is 10.2. The average Bonchev–Trinajstić information content (AvgIpc) is 2.05. The van der Waals surface area contributed by atoms with Crippen molar-refractivity contribution < 1.29 is 9.90 Å². The van der Waals surface area contributed by atoms with E-state index in [2.05, 4.69) is 13.8 Å². The van der Waals surface area contributed by atoms with Crippen LogP contribution in [-0.4, -0.2) is 11.1 Å². The Hall–Kier alpha value is -0.790. The molecule has 0 fully saturated rings. The first-order valence-corrected chi connectivity index (χ1v) is 4.60. The molecule has 0 bridgehead atoms. The van der Waals surface area contributed by atoms with Crippen LogP contribution in [0.5, 0.6) is 0 Å². The summed E-state index contributed by atoms with van der Waals surface area (Å²) >= 11 is 0. The largest absolute Gasteiger partial charge is 0.481 e. The quantitative estimate of drug-likeness (QED) is 0.622. The van der Waals surface area contributed by atoms with Crippen LogP contribution in [0.3, 0.4) is 0 Å². The lowest BCUT2D eigenvalue weighted by Gasteiger charge is -2.01. The lowest BCUT2D eigenvalue weighted by atomic mass is 10.1. The maximum absolute atomic E-state index is 10.2. The molecule has 0 aromatic carbocycles. The third kappa shape index (κ3) is 5.96. The summed E-state index contributed by atoms with van der Waals surface area (Å²) in [6, 6.07) is 0. The molecule has 0 aliphatic carbocycles. The van der Waals surface area contributed by atoms with Crippen molar-refractivity contribution in [1.82, 2.24) is 0 Å². The Morgan fingerprint density at radius 1 is 1.42 bits per heavy atom. The van der Waals surface area contributed by atoms with Crippen LogP contribution in [0.25, 0.3) is 0 Å². The molecule has 0 unspecified atom stereocenters. The van der Waals surface area contributed by atoms with Crippen LogP contribution in [0.15, 0.2) is 11.6 Å². The second-order valence-corrected chi connectivity index (χ2v) is 2.92. The Labute approximate surface area is 74.3 Å². The van der Waals surface area contributed by atoms with E-state index in [1.807, 2.05) is 6.08 Å². The van der Waals surface area contributed by atoms with E-state index in [9.17, 15) is 4.79 Å². The fourth-order valence-corrected chi connectivity index (χ4v) is 1.06. The first kappa shape index (κ1) is 11.2. The highest BCUT2D eigenvalue weighted by molar-refractivity contribution is 5.68. The number of carboxylic acids is 1. The normalized spacial score (nSPS) is 11.7. The molecule has 2 nitrogen and oxygen atoms in total. The average molecular weight is 170 g/mol. The highest BCUT2D eigenvalue weighted by Crippen LogP contribution is 2.11. The van der Waals surface area contributed by atoms with E-state index in [4.69, 9.17) is 5.11 Å². The summed E-state index contributed by atoms with van der Waals surface area (Å²) in [5, 5.41) is 8.44. The molecule has 2 heteroatoms. The molecule has 0 aromatic heterocycles. The number of aliphatic carboxylic acids is 1. The maximum atomic E-state index is 10.2. The predicted octanol–water partition coefficient (Wildman–Crippen LogP) is 2.99. The van der Waals surface area contributed by atoms with Crippen molar-refractivity contribution in [2.24, 2.45) is 0 Å². The van der Waals surface area contributed by atoms with Gasteiger partial charge in [-0.1, -0.05) is 31.9 Å². The monoisotopic (exact) mass is 170 g/mol. The molecule has 0 saturated carbocycles. The summed E-state index contributed by atoms with van der Waals surface area (Å²) < 4.78 is 0. The summed E-state index contributed by atoms with van der Waals surface area (Å²) in [6.45, 7) is 4.22. The number of hydrogen-bond acceptors (Lipinski definition) is 1. The van der Waals surface area contributed by atoms with Crippen LogP contribution >= 0.6 is 0 Å². The van der Waals surface area contributed by atoms with Crippen molar-refractivity contribution in [2.75, 3.05) is 0 Å². The zero-order chi connectivity index (χ0) is 9.40. The van der Waals surface area contributed by atoms with Crippen LogP contribution in [-0.2, 0) is 4.79 Å². The Morgan fingerprint density at radius 2 is 2.08 bits per heavy atom. The Kier molecular flexibility index (Phi) is 6.44. The number of hydrogen-bond donors (Lipinski definition) is 1. The molecule has 0 heterocycles. The molecule has 0 spiro atoms. The second kappa shape index (κ2) is 6.89. The first-order chi connectivity index (χ1) is 5.70. The van der Waals surface area contributed by atoms with E-state index in [-0.39, 0.29) is 6.42 Å². The zero-order valence-corrected chi connectivity index (χ0v) is 7.97. The molecule has 0 radical (unpaired) electrons. The standard InChI is InChI=1S/C10H18O2/c1-3-5-6-9(4-2)7-8-10(11)12/h7H,3-6,8H2,1-2H3,(H,11,12). The molecule has 0 saturated heterocycles. The van der Waals surface area contributed by atoms with Crippen molar-refractivity contribution >= 4 is 5.97 Å². The summed E-state index contributed by atoms with van der Waals surface area (Å²) in [5.74, 6) is -0.738. The highest BCUT2D eigenvalue weighted by atomic mass is 16.4. The van der Waals surface area contributed by atoms with Gasteiger partial charge in [0.15, 0.2) is 0 Å². The van der Waals surface area contributed by atoms with Gasteiger partial charge in [0.25, 0.3) is 0 Å². The Bertz CT molecular complexity index is 159. The van der Waals surface area contributed by atoms with Crippen molar-refractivity contribution in [1.29, 1.82) is 0 Å². The highest BCUT2D eigenvalue weighted by Gasteiger charge is 1.96. The van der Waals surface area contributed by atoms with Gasteiger partial charge in [-0.2, -0.15) is 0 Å². The van der Waals surface area contributed by atoms with Gasteiger partial charge in [0.05, 0.1) is 6.42 Å². The summed E-state index contributed by atoms with van der Waals surface area (Å²) in [7, 11) is 0. The molecule has 0 atom stereocenters. The first-order valence-electron chi connectivity index (χ1n) is 4.60. The zero-order valence-electron chi connectivity index (χ0n) is 7.97. The summed E-state index contributed by atoms with van der Waals surface area (Å²) in [6.07, 6.45) is 6.39. The SMILES string of the molecule is CCCCC(=CCC(=O)O)CC. The number of carbonyl (C=O) groups is 1. The van der Waals surface area contributed by atoms with E-state index in [0.29, 0.717) is 0 Å². The molecule has 70 valence electrons. The topological polar surface area (TPSA) is 37.3 Å². The number of carboxylic acid groups (broad SMARTS) is 1. The fraction of sp³-hybridized carbons (Fsp3) is 0.700. The van der Waals surface area contributed by atoms with Crippen molar-refractivity contribution in [3.63, 3.8) is 0 Å². The Balaban J connectivity index is 3.78. The number of rotatable bonds is 6.